The molecule has 11 heteroatoms. The van der Waals surface area contributed by atoms with Crippen LogP contribution in [0.5, 0.6) is 0 Å². The first kappa shape index (κ1) is 19.3. The topological polar surface area (TPSA) is 79.5 Å². The molecule has 0 radical (unpaired) electrons. The van der Waals surface area contributed by atoms with Crippen LogP contribution in [0.15, 0.2) is 29.0 Å². The molecule has 1 aromatic heterocycles. The molecule has 1 N–H and O–H groups in total. The molecule has 1 fully saturated rings. The number of amides is 2. The number of benzene rings is 1. The van der Waals surface area contributed by atoms with E-state index >= 15 is 0 Å². The van der Waals surface area contributed by atoms with E-state index in [2.05, 4.69) is 36.1 Å². The van der Waals surface area contributed by atoms with Gasteiger partial charge in [-0.05, 0) is 28.1 Å². The van der Waals surface area contributed by atoms with Gasteiger partial charge in [-0.3, -0.25) is 14.9 Å². The van der Waals surface area contributed by atoms with Gasteiger partial charge in [0, 0.05) is 36.5 Å². The molecular weight excluding hydrogens is 455 g/mol. The zero-order valence-electron chi connectivity index (χ0n) is 14.5. The predicted molar refractivity (Wildman–Crippen MR) is 98.2 cm³/mol. The number of carbonyl (C=O) groups is 2. The Morgan fingerprint density at radius 2 is 2.00 bits per heavy atom. The van der Waals surface area contributed by atoms with Crippen molar-refractivity contribution in [2.45, 2.75) is 17.8 Å². The van der Waals surface area contributed by atoms with Crippen LogP contribution in [0.3, 0.4) is 0 Å². The normalized spacial score (nSPS) is 21.5. The van der Waals surface area contributed by atoms with E-state index in [0.717, 1.165) is 4.90 Å². The number of nitrogens with zero attached hydrogens (tertiary/aromatic N) is 4. The lowest BCUT2D eigenvalue weighted by Crippen LogP contribution is -2.49. The standard InChI is InChI=1S/C18H11BrF3N5O2/c1-23-9-4-24-16(25-5-9)26-12(28)6-27-8-17(7-18(17,21)22)13-10(15(27)29)2-3-11(19)14(13)20/h2-5H,6-8H2,(H,24,25,26,28)/t17-/m0/s1. The van der Waals surface area contributed by atoms with Gasteiger partial charge in [0.1, 0.15) is 12.4 Å². The minimum atomic E-state index is -3.18. The Hall–Kier alpha value is -3.00. The number of carbonyl (C=O) groups excluding carboxylic acids is 2. The van der Waals surface area contributed by atoms with Crippen LogP contribution < -0.4 is 5.32 Å². The van der Waals surface area contributed by atoms with Gasteiger partial charge in [-0.2, -0.15) is 0 Å². The second kappa shape index (κ2) is 6.52. The molecule has 148 valence electrons. The van der Waals surface area contributed by atoms with Crippen molar-refractivity contribution < 1.29 is 22.8 Å². The summed E-state index contributed by atoms with van der Waals surface area (Å²) in [6.45, 7) is 5.83. The monoisotopic (exact) mass is 465 g/mol. The van der Waals surface area contributed by atoms with Crippen LogP contribution in [0.25, 0.3) is 4.85 Å². The fourth-order valence-corrected chi connectivity index (χ4v) is 3.86. The third kappa shape index (κ3) is 3.04. The largest absolute Gasteiger partial charge is 0.328 e. The number of rotatable bonds is 3. The lowest BCUT2D eigenvalue weighted by molar-refractivity contribution is -0.117. The zero-order valence-corrected chi connectivity index (χ0v) is 16.1. The highest BCUT2D eigenvalue weighted by Crippen LogP contribution is 2.64. The van der Waals surface area contributed by atoms with E-state index in [9.17, 15) is 22.8 Å². The summed E-state index contributed by atoms with van der Waals surface area (Å²) >= 11 is 2.97. The van der Waals surface area contributed by atoms with Crippen LogP contribution in [0.2, 0.25) is 0 Å². The summed E-state index contributed by atoms with van der Waals surface area (Å²) in [6, 6.07) is 2.55. The van der Waals surface area contributed by atoms with E-state index in [1.807, 2.05) is 0 Å². The van der Waals surface area contributed by atoms with E-state index in [-0.39, 0.29) is 27.2 Å². The van der Waals surface area contributed by atoms with Crippen LogP contribution in [0.1, 0.15) is 22.3 Å². The van der Waals surface area contributed by atoms with Gasteiger partial charge in [0.15, 0.2) is 0 Å². The summed E-state index contributed by atoms with van der Waals surface area (Å²) in [6.07, 6.45) is 1.81. The van der Waals surface area contributed by atoms with Gasteiger partial charge >= 0.3 is 0 Å². The molecule has 29 heavy (non-hydrogen) atoms. The smallest absolute Gasteiger partial charge is 0.260 e. The maximum absolute atomic E-state index is 14.6. The molecule has 1 saturated carbocycles. The average molecular weight is 466 g/mol. The summed E-state index contributed by atoms with van der Waals surface area (Å²) in [4.78, 5) is 36.7. The Balaban J connectivity index is 1.59. The number of anilines is 1. The molecule has 1 aliphatic carbocycles. The van der Waals surface area contributed by atoms with Crippen molar-refractivity contribution in [3.05, 3.63) is 57.4 Å². The van der Waals surface area contributed by atoms with Gasteiger partial charge in [0.05, 0.1) is 16.5 Å². The summed E-state index contributed by atoms with van der Waals surface area (Å²) in [7, 11) is 0. The molecular formula is C18H11BrF3N5O2. The van der Waals surface area contributed by atoms with Crippen LogP contribution >= 0.6 is 15.9 Å². The van der Waals surface area contributed by atoms with E-state index in [4.69, 9.17) is 6.57 Å². The summed E-state index contributed by atoms with van der Waals surface area (Å²) in [5, 5.41) is 2.35. The molecule has 1 aliphatic heterocycles. The Morgan fingerprint density at radius 1 is 1.34 bits per heavy atom. The van der Waals surface area contributed by atoms with Crippen LogP contribution in [0, 0.1) is 12.4 Å². The number of alkyl halides is 2. The third-order valence-corrected chi connectivity index (χ3v) is 5.62. The summed E-state index contributed by atoms with van der Waals surface area (Å²) in [5.41, 5.74) is -2.16. The molecule has 1 spiro atoms. The Kier molecular flexibility index (Phi) is 4.34. The SMILES string of the molecule is [C-]#[N+]c1cnc(NC(=O)CN2C[C@@]3(CC3(F)F)c3c(ccc(Br)c3F)C2=O)nc1. The Morgan fingerprint density at radius 3 is 2.59 bits per heavy atom. The van der Waals surface area contributed by atoms with Crippen molar-refractivity contribution in [1.29, 1.82) is 0 Å². The lowest BCUT2D eigenvalue weighted by Gasteiger charge is -2.34. The lowest BCUT2D eigenvalue weighted by atomic mass is 9.85. The van der Waals surface area contributed by atoms with E-state index in [0.29, 0.717) is 0 Å². The van der Waals surface area contributed by atoms with Crippen molar-refractivity contribution in [2.24, 2.45) is 0 Å². The number of halogens is 4. The third-order valence-electron chi connectivity index (χ3n) is 5.00. The highest BCUT2D eigenvalue weighted by molar-refractivity contribution is 9.10. The van der Waals surface area contributed by atoms with E-state index < -0.39 is 48.5 Å². The van der Waals surface area contributed by atoms with Crippen molar-refractivity contribution in [2.75, 3.05) is 18.4 Å². The molecule has 2 amide bonds. The first-order valence-corrected chi connectivity index (χ1v) is 9.13. The molecule has 1 aromatic carbocycles. The minimum Gasteiger partial charge on any atom is -0.328 e. The number of hydrogen-bond acceptors (Lipinski definition) is 4. The molecule has 7 nitrogen and oxygen atoms in total. The average Bonchev–Trinajstić information content (AvgIpc) is 3.22. The molecule has 4 rings (SSSR count). The number of hydrogen-bond donors (Lipinski definition) is 1. The Labute approximate surface area is 170 Å². The fourth-order valence-electron chi connectivity index (χ4n) is 3.53. The van der Waals surface area contributed by atoms with Crippen molar-refractivity contribution in [1.82, 2.24) is 14.9 Å². The quantitative estimate of drug-likeness (QED) is 0.705. The number of nitrogens with one attached hydrogen (secondary N) is 1. The number of aromatic nitrogens is 2. The van der Waals surface area contributed by atoms with E-state index in [1.165, 1.54) is 24.5 Å². The van der Waals surface area contributed by atoms with Crippen molar-refractivity contribution in [3.63, 3.8) is 0 Å². The highest BCUT2D eigenvalue weighted by Gasteiger charge is 2.75. The second-order valence-electron chi connectivity index (χ2n) is 6.83. The first-order chi connectivity index (χ1) is 13.7. The summed E-state index contributed by atoms with van der Waals surface area (Å²) in [5.74, 6) is -5.57. The van der Waals surface area contributed by atoms with Crippen LogP contribution in [-0.2, 0) is 10.2 Å². The number of fused-ring (bicyclic) bond motifs is 2. The van der Waals surface area contributed by atoms with Gasteiger partial charge in [-0.25, -0.2) is 28.0 Å². The molecule has 1 atom stereocenters. The minimum absolute atomic E-state index is 0.00247. The van der Waals surface area contributed by atoms with Gasteiger partial charge in [0.25, 0.3) is 11.8 Å². The maximum Gasteiger partial charge on any atom is 0.260 e. The molecule has 2 heterocycles. The first-order valence-electron chi connectivity index (χ1n) is 8.33. The second-order valence-corrected chi connectivity index (χ2v) is 7.69. The Bertz CT molecular complexity index is 1090. The van der Waals surface area contributed by atoms with Crippen molar-refractivity contribution in [3.8, 4) is 0 Å². The predicted octanol–water partition coefficient (Wildman–Crippen LogP) is 3.30. The molecule has 0 saturated heterocycles. The van der Waals surface area contributed by atoms with Crippen LogP contribution in [-0.4, -0.2) is 45.7 Å². The maximum atomic E-state index is 14.6. The van der Waals surface area contributed by atoms with Gasteiger partial charge < -0.3 is 4.90 Å². The van der Waals surface area contributed by atoms with E-state index in [1.54, 1.807) is 0 Å². The fraction of sp³-hybridized carbons (Fsp3) is 0.278. The molecule has 0 bridgehead atoms. The van der Waals surface area contributed by atoms with Crippen LogP contribution in [0.4, 0.5) is 24.8 Å². The van der Waals surface area contributed by atoms with Gasteiger partial charge in [-0.1, -0.05) is 0 Å². The van der Waals surface area contributed by atoms with Crippen molar-refractivity contribution >= 4 is 39.4 Å². The van der Waals surface area contributed by atoms with Gasteiger partial charge in [0.2, 0.25) is 17.5 Å². The van der Waals surface area contributed by atoms with Gasteiger partial charge in [-0.15, -0.1) is 0 Å². The molecule has 0 unspecified atom stereocenters. The molecule has 2 aliphatic rings. The zero-order chi connectivity index (χ0) is 21.0. The molecule has 2 aromatic rings. The highest BCUT2D eigenvalue weighted by atomic mass is 79.9. The summed E-state index contributed by atoms with van der Waals surface area (Å²) < 4.78 is 43.1.